The molecule has 0 spiro atoms. The number of aryl methyl sites for hydroxylation is 1. The number of carbonyl (C=O) groups excluding carboxylic acids is 2. The lowest BCUT2D eigenvalue weighted by molar-refractivity contribution is -0.146. The molecule has 8 nitrogen and oxygen atoms in total. The number of nitrogens with one attached hydrogen (secondary N) is 1. The minimum absolute atomic E-state index is 0.181. The molecule has 1 aromatic carbocycles. The van der Waals surface area contributed by atoms with E-state index in [4.69, 9.17) is 4.74 Å². The summed E-state index contributed by atoms with van der Waals surface area (Å²) in [6.45, 7) is 6.31. The van der Waals surface area contributed by atoms with Crippen LogP contribution in [-0.4, -0.2) is 55.8 Å². The number of pyridine rings is 1. The summed E-state index contributed by atoms with van der Waals surface area (Å²) in [7, 11) is -2.44. The summed E-state index contributed by atoms with van der Waals surface area (Å²) >= 11 is 0. The van der Waals surface area contributed by atoms with Gasteiger partial charge in [-0.05, 0) is 49.8 Å². The van der Waals surface area contributed by atoms with E-state index in [2.05, 4.69) is 10.3 Å². The van der Waals surface area contributed by atoms with Crippen LogP contribution in [0.15, 0.2) is 35.4 Å². The lowest BCUT2D eigenvalue weighted by Gasteiger charge is -2.31. The molecule has 1 atom stereocenters. The summed E-state index contributed by atoms with van der Waals surface area (Å²) < 4.78 is 32.9. The van der Waals surface area contributed by atoms with E-state index in [9.17, 15) is 18.0 Å². The first kappa shape index (κ1) is 24.1. The quantitative estimate of drug-likeness (QED) is 0.636. The Morgan fingerprint density at radius 2 is 1.94 bits per heavy atom. The minimum atomic E-state index is -3.74. The number of nitrogens with zero attached hydrogens (tertiary/aromatic N) is 2. The van der Waals surface area contributed by atoms with Crippen LogP contribution in [0.4, 0.5) is 0 Å². The molecule has 0 saturated carbocycles. The van der Waals surface area contributed by atoms with Crippen LogP contribution in [0.3, 0.4) is 0 Å². The van der Waals surface area contributed by atoms with E-state index in [1.165, 1.54) is 11.4 Å². The van der Waals surface area contributed by atoms with Gasteiger partial charge in [-0.25, -0.2) is 13.2 Å². The highest BCUT2D eigenvalue weighted by Crippen LogP contribution is 2.28. The molecule has 0 aliphatic carbocycles. The number of rotatable bonds is 7. The maximum absolute atomic E-state index is 13.3. The lowest BCUT2D eigenvalue weighted by Crippen LogP contribution is -2.48. The van der Waals surface area contributed by atoms with Gasteiger partial charge in [-0.2, -0.15) is 4.31 Å². The zero-order chi connectivity index (χ0) is 23.5. The molecule has 1 aromatic heterocycles. The van der Waals surface area contributed by atoms with E-state index in [1.807, 2.05) is 32.9 Å². The molecule has 32 heavy (non-hydrogen) atoms. The number of carbonyl (C=O) groups is 2. The maximum Gasteiger partial charge on any atom is 0.328 e. The summed E-state index contributed by atoms with van der Waals surface area (Å²) in [5, 5.41) is 3.57. The van der Waals surface area contributed by atoms with Crippen molar-refractivity contribution in [1.29, 1.82) is 0 Å². The highest BCUT2D eigenvalue weighted by molar-refractivity contribution is 7.89. The second kappa shape index (κ2) is 9.95. The van der Waals surface area contributed by atoms with Crippen LogP contribution in [0, 0.1) is 18.8 Å². The van der Waals surface area contributed by atoms with Crippen molar-refractivity contribution in [2.75, 3.05) is 20.2 Å². The summed E-state index contributed by atoms with van der Waals surface area (Å²) in [6.07, 6.45) is 2.92. The summed E-state index contributed by atoms with van der Waals surface area (Å²) in [6, 6.07) is 6.36. The summed E-state index contributed by atoms with van der Waals surface area (Å²) in [5.74, 6) is -0.843. The number of amides is 1. The highest BCUT2D eigenvalue weighted by atomic mass is 32.2. The Kier molecular flexibility index (Phi) is 7.51. The van der Waals surface area contributed by atoms with Crippen LogP contribution in [0.25, 0.3) is 10.9 Å². The number of fused-ring (bicyclic) bond motifs is 1. The van der Waals surface area contributed by atoms with Gasteiger partial charge >= 0.3 is 5.97 Å². The van der Waals surface area contributed by atoms with Crippen LogP contribution >= 0.6 is 0 Å². The number of para-hydroxylation sites is 1. The number of ether oxygens (including phenoxy) is 1. The number of aromatic nitrogens is 1. The van der Waals surface area contributed by atoms with Gasteiger partial charge in [0.2, 0.25) is 15.9 Å². The van der Waals surface area contributed by atoms with Gasteiger partial charge in [0.1, 0.15) is 10.9 Å². The van der Waals surface area contributed by atoms with Crippen molar-refractivity contribution < 1.29 is 22.7 Å². The average Bonchev–Trinajstić information content (AvgIpc) is 2.77. The second-order valence-electron chi connectivity index (χ2n) is 8.73. The van der Waals surface area contributed by atoms with Crippen molar-refractivity contribution in [3.8, 4) is 0 Å². The van der Waals surface area contributed by atoms with E-state index in [0.29, 0.717) is 24.8 Å². The zero-order valence-corrected chi connectivity index (χ0v) is 19.8. The molecule has 2 heterocycles. The molecule has 1 aliphatic rings. The third-order valence-corrected chi connectivity index (χ3v) is 7.69. The van der Waals surface area contributed by atoms with Crippen molar-refractivity contribution in [3.05, 3.63) is 36.0 Å². The topological polar surface area (TPSA) is 106 Å². The SMILES string of the molecule is COC(=O)C(CC(C)C)NC(=O)C1CCN(S(=O)(=O)c2cccc3cc(C)cnc23)CC1. The van der Waals surface area contributed by atoms with Crippen LogP contribution in [-0.2, 0) is 24.3 Å². The smallest absolute Gasteiger partial charge is 0.328 e. The van der Waals surface area contributed by atoms with Gasteiger partial charge < -0.3 is 10.1 Å². The normalized spacial score (nSPS) is 16.8. The fourth-order valence-corrected chi connectivity index (χ4v) is 5.70. The van der Waals surface area contributed by atoms with E-state index < -0.39 is 22.0 Å². The molecule has 9 heteroatoms. The van der Waals surface area contributed by atoms with Crippen molar-refractivity contribution in [2.45, 2.75) is 51.0 Å². The van der Waals surface area contributed by atoms with Gasteiger partial charge in [0.15, 0.2) is 0 Å². The monoisotopic (exact) mass is 461 g/mol. The fraction of sp³-hybridized carbons (Fsp3) is 0.522. The molecule has 0 radical (unpaired) electrons. The largest absolute Gasteiger partial charge is 0.467 e. The zero-order valence-electron chi connectivity index (χ0n) is 19.0. The summed E-state index contributed by atoms with van der Waals surface area (Å²) in [4.78, 5) is 29.3. The van der Waals surface area contributed by atoms with Gasteiger partial charge in [0, 0.05) is 30.6 Å². The molecular formula is C23H31N3O5S. The van der Waals surface area contributed by atoms with Gasteiger partial charge in [-0.1, -0.05) is 26.0 Å². The third-order valence-electron chi connectivity index (χ3n) is 5.76. The number of hydrogen-bond donors (Lipinski definition) is 1. The van der Waals surface area contributed by atoms with Crippen molar-refractivity contribution in [3.63, 3.8) is 0 Å². The third kappa shape index (κ3) is 5.27. The Labute approximate surface area is 189 Å². The van der Waals surface area contributed by atoms with Gasteiger partial charge in [-0.3, -0.25) is 9.78 Å². The predicted molar refractivity (Wildman–Crippen MR) is 121 cm³/mol. The number of piperidine rings is 1. The van der Waals surface area contributed by atoms with E-state index in [0.717, 1.165) is 10.9 Å². The second-order valence-corrected chi connectivity index (χ2v) is 10.6. The lowest BCUT2D eigenvalue weighted by atomic mass is 9.96. The molecule has 174 valence electrons. The molecule has 3 rings (SSSR count). The number of benzene rings is 1. The molecule has 0 bridgehead atoms. The standard InChI is InChI=1S/C23H31N3O5S/c1-15(2)12-19(23(28)31-4)25-22(27)17-8-10-26(11-9-17)32(29,30)20-7-5-6-18-13-16(3)14-24-21(18)20/h5-7,13-15,17,19H,8-12H2,1-4H3,(H,25,27). The first-order valence-electron chi connectivity index (χ1n) is 10.9. The van der Waals surface area contributed by atoms with Gasteiger partial charge in [0.05, 0.1) is 12.6 Å². The molecule has 1 unspecified atom stereocenters. The summed E-state index contributed by atoms with van der Waals surface area (Å²) in [5.41, 5.74) is 1.41. The Morgan fingerprint density at radius 1 is 1.25 bits per heavy atom. The number of sulfonamides is 1. The van der Waals surface area contributed by atoms with Crippen LogP contribution in [0.1, 0.15) is 38.7 Å². The fourth-order valence-electron chi connectivity index (χ4n) is 4.07. The molecule has 1 N–H and O–H groups in total. The Hall–Kier alpha value is -2.52. The van der Waals surface area contributed by atoms with Crippen LogP contribution in [0.5, 0.6) is 0 Å². The van der Waals surface area contributed by atoms with Gasteiger partial charge in [-0.15, -0.1) is 0 Å². The van der Waals surface area contributed by atoms with E-state index in [1.54, 1.807) is 18.3 Å². The minimum Gasteiger partial charge on any atom is -0.467 e. The van der Waals surface area contributed by atoms with Crippen LogP contribution in [0.2, 0.25) is 0 Å². The number of hydrogen-bond acceptors (Lipinski definition) is 6. The van der Waals surface area contributed by atoms with Crippen molar-refractivity contribution in [2.24, 2.45) is 11.8 Å². The molecule has 1 aliphatic heterocycles. The molecule has 1 saturated heterocycles. The predicted octanol–water partition coefficient (Wildman–Crippen LogP) is 2.65. The molecule has 1 amide bonds. The molecule has 1 fully saturated rings. The Morgan fingerprint density at radius 3 is 2.56 bits per heavy atom. The first-order chi connectivity index (χ1) is 15.1. The average molecular weight is 462 g/mol. The molecule has 2 aromatic rings. The first-order valence-corrected chi connectivity index (χ1v) is 12.3. The number of esters is 1. The molecular weight excluding hydrogens is 430 g/mol. The van der Waals surface area contributed by atoms with Crippen molar-refractivity contribution >= 4 is 32.8 Å². The Bertz CT molecular complexity index is 1090. The Balaban J connectivity index is 1.70. The highest BCUT2D eigenvalue weighted by Gasteiger charge is 2.34. The van der Waals surface area contributed by atoms with E-state index in [-0.39, 0.29) is 35.7 Å². The number of methoxy groups -OCH3 is 1. The van der Waals surface area contributed by atoms with Crippen LogP contribution < -0.4 is 5.32 Å². The van der Waals surface area contributed by atoms with Gasteiger partial charge in [0.25, 0.3) is 0 Å². The van der Waals surface area contributed by atoms with E-state index >= 15 is 0 Å². The van der Waals surface area contributed by atoms with Crippen molar-refractivity contribution in [1.82, 2.24) is 14.6 Å². The maximum atomic E-state index is 13.3.